The second kappa shape index (κ2) is 10.8. The van der Waals surface area contributed by atoms with Crippen LogP contribution in [0.25, 0.3) is 0 Å². The molecule has 0 spiro atoms. The fraction of sp³-hybridized carbons (Fsp3) is 0.519. The van der Waals surface area contributed by atoms with Crippen molar-refractivity contribution in [1.29, 1.82) is 0 Å². The quantitative estimate of drug-likeness (QED) is 0.612. The highest BCUT2D eigenvalue weighted by Crippen LogP contribution is 2.23. The maximum absolute atomic E-state index is 13.0. The summed E-state index contributed by atoms with van der Waals surface area (Å²) in [6.07, 6.45) is 4.85. The highest BCUT2D eigenvalue weighted by Gasteiger charge is 2.28. The minimum atomic E-state index is 0.000616. The van der Waals surface area contributed by atoms with Crippen LogP contribution in [0.4, 0.5) is 5.69 Å². The molecular weight excluding hydrogens is 426 g/mol. The van der Waals surface area contributed by atoms with E-state index in [1.54, 1.807) is 7.11 Å². The minimum Gasteiger partial charge on any atom is -0.497 e. The van der Waals surface area contributed by atoms with E-state index in [1.165, 1.54) is 31.5 Å². The van der Waals surface area contributed by atoms with Gasteiger partial charge in [0.15, 0.2) is 0 Å². The largest absolute Gasteiger partial charge is 0.497 e. The van der Waals surface area contributed by atoms with E-state index in [9.17, 15) is 4.79 Å². The van der Waals surface area contributed by atoms with Crippen LogP contribution in [0.5, 0.6) is 5.75 Å². The van der Waals surface area contributed by atoms with E-state index in [-0.39, 0.29) is 12.2 Å². The van der Waals surface area contributed by atoms with Crippen molar-refractivity contribution in [1.82, 2.24) is 20.4 Å². The standard InChI is InChI=1S/C27H37N5O2/c1-34-25-10-6-20(7-11-25)22-18-28-27(29-19-22)30-23-8-4-21(5-9-23)26(33)32-16-12-24(13-17-32)31-14-2-3-15-31/h4-11,22,24,27-30H,2-3,12-19H2,1H3. The molecule has 7 heteroatoms. The number of carbonyl (C=O) groups is 1. The second-order valence-electron chi connectivity index (χ2n) is 9.71. The number of nitrogens with zero attached hydrogens (tertiary/aromatic N) is 2. The number of hydrogen-bond acceptors (Lipinski definition) is 6. The van der Waals surface area contributed by atoms with Crippen molar-refractivity contribution >= 4 is 11.6 Å². The molecule has 182 valence electrons. The average Bonchev–Trinajstić information content (AvgIpc) is 3.45. The summed E-state index contributed by atoms with van der Waals surface area (Å²) in [6, 6.07) is 16.8. The van der Waals surface area contributed by atoms with Gasteiger partial charge >= 0.3 is 0 Å². The number of hydrogen-bond donors (Lipinski definition) is 3. The molecule has 3 heterocycles. The molecule has 3 aliphatic rings. The average molecular weight is 464 g/mol. The molecule has 2 aromatic carbocycles. The van der Waals surface area contributed by atoms with E-state index < -0.39 is 0 Å². The van der Waals surface area contributed by atoms with Crippen molar-refractivity contribution in [2.75, 3.05) is 51.7 Å². The van der Waals surface area contributed by atoms with Gasteiger partial charge in [-0.1, -0.05) is 12.1 Å². The van der Waals surface area contributed by atoms with Gasteiger partial charge in [0.2, 0.25) is 0 Å². The lowest BCUT2D eigenvalue weighted by molar-refractivity contribution is 0.0644. The van der Waals surface area contributed by atoms with E-state index in [2.05, 4.69) is 33.0 Å². The summed E-state index contributed by atoms with van der Waals surface area (Å²) in [6.45, 7) is 5.98. The van der Waals surface area contributed by atoms with Gasteiger partial charge in [-0.05, 0) is 80.7 Å². The fourth-order valence-corrected chi connectivity index (χ4v) is 5.48. The Hall–Kier alpha value is -2.61. The van der Waals surface area contributed by atoms with Crippen molar-refractivity contribution < 1.29 is 9.53 Å². The van der Waals surface area contributed by atoms with Gasteiger partial charge in [-0.3, -0.25) is 15.4 Å². The Bertz CT molecular complexity index is 926. The van der Waals surface area contributed by atoms with Gasteiger partial charge in [0.1, 0.15) is 12.0 Å². The highest BCUT2D eigenvalue weighted by molar-refractivity contribution is 5.94. The molecule has 0 unspecified atom stereocenters. The van der Waals surface area contributed by atoms with Gasteiger partial charge in [0.05, 0.1) is 7.11 Å². The smallest absolute Gasteiger partial charge is 0.253 e. The molecular formula is C27H37N5O2. The zero-order valence-electron chi connectivity index (χ0n) is 20.1. The summed E-state index contributed by atoms with van der Waals surface area (Å²) in [5, 5.41) is 10.5. The first-order valence-corrected chi connectivity index (χ1v) is 12.7. The number of piperidine rings is 1. The van der Waals surface area contributed by atoms with Crippen molar-refractivity contribution in [3.8, 4) is 5.75 Å². The maximum Gasteiger partial charge on any atom is 0.253 e. The second-order valence-corrected chi connectivity index (χ2v) is 9.71. The summed E-state index contributed by atoms with van der Waals surface area (Å²) in [5.74, 6) is 1.45. The molecule has 1 amide bonds. The van der Waals surface area contributed by atoms with Crippen molar-refractivity contribution in [2.45, 2.75) is 43.9 Å². The van der Waals surface area contributed by atoms with Crippen molar-refractivity contribution in [3.05, 3.63) is 59.7 Å². The molecule has 2 aromatic rings. The molecule has 0 saturated carbocycles. The molecule has 3 N–H and O–H groups in total. The van der Waals surface area contributed by atoms with Gasteiger partial charge < -0.3 is 19.9 Å². The normalized spacial score (nSPS) is 24.2. The van der Waals surface area contributed by atoms with E-state index in [0.717, 1.165) is 56.0 Å². The number of anilines is 1. The molecule has 3 saturated heterocycles. The first-order chi connectivity index (χ1) is 16.7. The van der Waals surface area contributed by atoms with Gasteiger partial charge in [-0.25, -0.2) is 0 Å². The van der Waals surface area contributed by atoms with Crippen molar-refractivity contribution in [2.24, 2.45) is 0 Å². The molecule has 7 nitrogen and oxygen atoms in total. The zero-order chi connectivity index (χ0) is 23.3. The molecule has 34 heavy (non-hydrogen) atoms. The Labute approximate surface area is 202 Å². The molecule has 0 aliphatic carbocycles. The minimum absolute atomic E-state index is 0.000616. The molecule has 0 radical (unpaired) electrons. The van der Waals surface area contributed by atoms with E-state index >= 15 is 0 Å². The monoisotopic (exact) mass is 463 g/mol. The first kappa shape index (κ1) is 23.1. The number of carbonyl (C=O) groups excluding carboxylic acids is 1. The van der Waals surface area contributed by atoms with Gasteiger partial charge in [0.25, 0.3) is 5.91 Å². The van der Waals surface area contributed by atoms with Crippen LogP contribution in [0.3, 0.4) is 0 Å². The van der Waals surface area contributed by atoms with E-state index in [0.29, 0.717) is 12.0 Å². The molecule has 5 rings (SSSR count). The number of nitrogens with one attached hydrogen (secondary N) is 3. The van der Waals surface area contributed by atoms with Crippen LogP contribution < -0.4 is 20.7 Å². The number of ether oxygens (including phenoxy) is 1. The summed E-state index contributed by atoms with van der Waals surface area (Å²) in [4.78, 5) is 17.6. The first-order valence-electron chi connectivity index (χ1n) is 12.7. The summed E-state index contributed by atoms with van der Waals surface area (Å²) < 4.78 is 5.25. The predicted octanol–water partition coefficient (Wildman–Crippen LogP) is 3.07. The number of likely N-dealkylation sites (tertiary alicyclic amines) is 2. The Kier molecular flexibility index (Phi) is 7.33. The summed E-state index contributed by atoms with van der Waals surface area (Å²) in [7, 11) is 1.69. The highest BCUT2D eigenvalue weighted by atomic mass is 16.5. The third kappa shape index (κ3) is 5.37. The lowest BCUT2D eigenvalue weighted by Crippen LogP contribution is -2.55. The van der Waals surface area contributed by atoms with Crippen LogP contribution in [-0.4, -0.2) is 74.4 Å². The van der Waals surface area contributed by atoms with Crippen LogP contribution in [0.2, 0.25) is 0 Å². The van der Waals surface area contributed by atoms with Gasteiger partial charge in [0, 0.05) is 49.4 Å². The Morgan fingerprint density at radius 3 is 2.18 bits per heavy atom. The Morgan fingerprint density at radius 1 is 0.912 bits per heavy atom. The van der Waals surface area contributed by atoms with Crippen LogP contribution in [0, 0.1) is 0 Å². The third-order valence-electron chi connectivity index (χ3n) is 7.58. The zero-order valence-corrected chi connectivity index (χ0v) is 20.1. The number of rotatable bonds is 6. The Balaban J connectivity index is 1.08. The summed E-state index contributed by atoms with van der Waals surface area (Å²) >= 11 is 0. The van der Waals surface area contributed by atoms with Crippen LogP contribution in [-0.2, 0) is 0 Å². The maximum atomic E-state index is 13.0. The third-order valence-corrected chi connectivity index (χ3v) is 7.58. The van der Waals surface area contributed by atoms with Gasteiger partial charge in [-0.2, -0.15) is 0 Å². The lowest BCUT2D eigenvalue weighted by Gasteiger charge is -2.36. The molecule has 3 fully saturated rings. The molecule has 0 bridgehead atoms. The van der Waals surface area contributed by atoms with Crippen LogP contribution >= 0.6 is 0 Å². The van der Waals surface area contributed by atoms with E-state index in [4.69, 9.17) is 4.74 Å². The number of methoxy groups -OCH3 is 1. The van der Waals surface area contributed by atoms with Crippen LogP contribution in [0.1, 0.15) is 47.5 Å². The van der Waals surface area contributed by atoms with Crippen molar-refractivity contribution in [3.63, 3.8) is 0 Å². The topological polar surface area (TPSA) is 68.9 Å². The predicted molar refractivity (Wildman–Crippen MR) is 135 cm³/mol. The molecule has 3 aliphatic heterocycles. The fourth-order valence-electron chi connectivity index (χ4n) is 5.48. The van der Waals surface area contributed by atoms with E-state index in [1.807, 2.05) is 41.3 Å². The SMILES string of the molecule is COc1ccc(C2CNC(Nc3ccc(C(=O)N4CCC(N5CCCC5)CC4)cc3)NC2)cc1. The summed E-state index contributed by atoms with van der Waals surface area (Å²) in [5.41, 5.74) is 3.07. The molecule has 0 aromatic heterocycles. The van der Waals surface area contributed by atoms with Gasteiger partial charge in [-0.15, -0.1) is 0 Å². The lowest BCUT2D eigenvalue weighted by atomic mass is 9.97. The number of benzene rings is 2. The Morgan fingerprint density at radius 2 is 1.56 bits per heavy atom. The van der Waals surface area contributed by atoms with Crippen LogP contribution in [0.15, 0.2) is 48.5 Å². The molecule has 0 atom stereocenters. The number of amides is 1.